The van der Waals surface area contributed by atoms with Crippen LogP contribution in [0.5, 0.6) is 5.75 Å². The van der Waals surface area contributed by atoms with Gasteiger partial charge in [-0.1, -0.05) is 12.1 Å². The van der Waals surface area contributed by atoms with Crippen LogP contribution in [0.25, 0.3) is 0 Å². The van der Waals surface area contributed by atoms with Crippen LogP contribution in [0.15, 0.2) is 46.9 Å². The molecule has 1 amide bonds. The molecule has 0 aliphatic rings. The molecular formula is C17H15BrFNO4. The van der Waals surface area contributed by atoms with E-state index in [2.05, 4.69) is 26.0 Å². The molecule has 0 unspecified atom stereocenters. The lowest BCUT2D eigenvalue weighted by molar-refractivity contribution is -0.122. The van der Waals surface area contributed by atoms with Crippen LogP contribution in [0.2, 0.25) is 0 Å². The van der Waals surface area contributed by atoms with Crippen LogP contribution in [-0.2, 0) is 9.53 Å². The summed E-state index contributed by atoms with van der Waals surface area (Å²) in [5.74, 6) is -1.13. The number of amides is 1. The molecule has 1 atom stereocenters. The highest BCUT2D eigenvalue weighted by molar-refractivity contribution is 9.10. The minimum Gasteiger partial charge on any atom is -0.480 e. The first-order valence-corrected chi connectivity index (χ1v) is 7.81. The van der Waals surface area contributed by atoms with Crippen LogP contribution in [0, 0.1) is 5.82 Å². The van der Waals surface area contributed by atoms with E-state index in [1.54, 1.807) is 12.1 Å². The standard InChI is InChI=1S/C17H15BrFNO4/c1-10(16(21)20-14-6-4-3-5-13(14)19)24-15-8-7-11(9-12(15)18)17(22)23-2/h3-10H,1-2H3,(H,20,21)/t10-/m0/s1. The molecule has 0 aliphatic carbocycles. The summed E-state index contributed by atoms with van der Waals surface area (Å²) in [6, 6.07) is 10.5. The van der Waals surface area contributed by atoms with Gasteiger partial charge < -0.3 is 14.8 Å². The number of para-hydroxylation sites is 1. The van der Waals surface area contributed by atoms with Crippen molar-refractivity contribution in [2.24, 2.45) is 0 Å². The number of methoxy groups -OCH3 is 1. The van der Waals surface area contributed by atoms with Crippen LogP contribution in [0.1, 0.15) is 17.3 Å². The first-order valence-electron chi connectivity index (χ1n) is 7.02. The van der Waals surface area contributed by atoms with Gasteiger partial charge in [-0.2, -0.15) is 0 Å². The Morgan fingerprint density at radius 2 is 1.92 bits per heavy atom. The molecule has 0 radical (unpaired) electrons. The number of hydrogen-bond acceptors (Lipinski definition) is 4. The third-order valence-electron chi connectivity index (χ3n) is 3.16. The predicted molar refractivity (Wildman–Crippen MR) is 90.6 cm³/mol. The number of halogens is 2. The second-order valence-corrected chi connectivity index (χ2v) is 5.72. The molecule has 0 bridgehead atoms. The van der Waals surface area contributed by atoms with Crippen molar-refractivity contribution in [1.29, 1.82) is 0 Å². The van der Waals surface area contributed by atoms with Gasteiger partial charge in [0.25, 0.3) is 5.91 Å². The minimum atomic E-state index is -0.870. The monoisotopic (exact) mass is 395 g/mol. The maximum atomic E-state index is 13.6. The summed E-state index contributed by atoms with van der Waals surface area (Å²) in [7, 11) is 1.29. The third-order valence-corrected chi connectivity index (χ3v) is 3.78. The lowest BCUT2D eigenvalue weighted by atomic mass is 10.2. The SMILES string of the molecule is COC(=O)c1ccc(O[C@@H](C)C(=O)Nc2ccccc2F)c(Br)c1. The molecule has 5 nitrogen and oxygen atoms in total. The zero-order valence-corrected chi connectivity index (χ0v) is 14.6. The molecule has 0 heterocycles. The number of ether oxygens (including phenoxy) is 2. The number of anilines is 1. The molecule has 7 heteroatoms. The quantitative estimate of drug-likeness (QED) is 0.782. The molecule has 1 N–H and O–H groups in total. The van der Waals surface area contributed by atoms with E-state index in [1.807, 2.05) is 0 Å². The summed E-state index contributed by atoms with van der Waals surface area (Å²) in [5.41, 5.74) is 0.429. The summed E-state index contributed by atoms with van der Waals surface area (Å²) in [5, 5.41) is 2.46. The van der Waals surface area contributed by atoms with Gasteiger partial charge in [-0.05, 0) is 53.2 Å². The Labute approximate surface area is 146 Å². The van der Waals surface area contributed by atoms with Crippen molar-refractivity contribution in [3.05, 3.63) is 58.3 Å². The number of carbonyl (C=O) groups excluding carboxylic acids is 2. The van der Waals surface area contributed by atoms with Crippen molar-refractivity contribution < 1.29 is 23.5 Å². The second-order valence-electron chi connectivity index (χ2n) is 4.87. The lowest BCUT2D eigenvalue weighted by Crippen LogP contribution is -2.30. The van der Waals surface area contributed by atoms with Crippen molar-refractivity contribution in [1.82, 2.24) is 0 Å². The number of nitrogens with one attached hydrogen (secondary N) is 1. The van der Waals surface area contributed by atoms with Gasteiger partial charge in [0.05, 0.1) is 22.8 Å². The van der Waals surface area contributed by atoms with E-state index in [0.717, 1.165) is 0 Å². The molecular weight excluding hydrogens is 381 g/mol. The number of carbonyl (C=O) groups is 2. The zero-order chi connectivity index (χ0) is 17.7. The van der Waals surface area contributed by atoms with Gasteiger partial charge in [0.2, 0.25) is 0 Å². The van der Waals surface area contributed by atoms with Gasteiger partial charge >= 0.3 is 5.97 Å². The summed E-state index contributed by atoms with van der Waals surface area (Å²) < 4.78 is 24.2. The molecule has 0 aliphatic heterocycles. The van der Waals surface area contributed by atoms with Gasteiger partial charge in [-0.3, -0.25) is 4.79 Å². The fourth-order valence-electron chi connectivity index (χ4n) is 1.88. The third kappa shape index (κ3) is 4.32. The van der Waals surface area contributed by atoms with Gasteiger partial charge in [0, 0.05) is 0 Å². The van der Waals surface area contributed by atoms with E-state index in [1.165, 1.54) is 44.4 Å². The smallest absolute Gasteiger partial charge is 0.337 e. The lowest BCUT2D eigenvalue weighted by Gasteiger charge is -2.16. The Morgan fingerprint density at radius 1 is 1.21 bits per heavy atom. The highest BCUT2D eigenvalue weighted by Crippen LogP contribution is 2.27. The Kier molecular flexibility index (Phi) is 5.92. The van der Waals surface area contributed by atoms with Crippen molar-refractivity contribution >= 4 is 33.5 Å². The van der Waals surface area contributed by atoms with Crippen molar-refractivity contribution in [3.8, 4) is 5.75 Å². The molecule has 2 aromatic rings. The summed E-state index contributed by atoms with van der Waals surface area (Å²) in [4.78, 5) is 23.6. The topological polar surface area (TPSA) is 64.6 Å². The average molecular weight is 396 g/mol. The normalized spacial score (nSPS) is 11.5. The van der Waals surface area contributed by atoms with Crippen molar-refractivity contribution in [3.63, 3.8) is 0 Å². The largest absolute Gasteiger partial charge is 0.480 e. The van der Waals surface area contributed by atoms with E-state index in [4.69, 9.17) is 4.74 Å². The molecule has 126 valence electrons. The highest BCUT2D eigenvalue weighted by Gasteiger charge is 2.18. The molecule has 0 saturated heterocycles. The maximum Gasteiger partial charge on any atom is 0.337 e. The molecule has 2 rings (SSSR count). The van der Waals surface area contributed by atoms with E-state index in [0.29, 0.717) is 15.8 Å². The van der Waals surface area contributed by atoms with Crippen LogP contribution in [0.3, 0.4) is 0 Å². The zero-order valence-electron chi connectivity index (χ0n) is 13.0. The maximum absolute atomic E-state index is 13.6. The molecule has 24 heavy (non-hydrogen) atoms. The number of benzene rings is 2. The summed E-state index contributed by atoms with van der Waals surface area (Å²) in [6.45, 7) is 1.54. The van der Waals surface area contributed by atoms with Crippen molar-refractivity contribution in [2.45, 2.75) is 13.0 Å². The number of esters is 1. The summed E-state index contributed by atoms with van der Waals surface area (Å²) in [6.07, 6.45) is -0.870. The highest BCUT2D eigenvalue weighted by atomic mass is 79.9. The van der Waals surface area contributed by atoms with Gasteiger partial charge in [0.1, 0.15) is 11.6 Å². The van der Waals surface area contributed by atoms with Crippen LogP contribution in [0.4, 0.5) is 10.1 Å². The predicted octanol–water partition coefficient (Wildman–Crippen LogP) is 3.78. The molecule has 0 saturated carbocycles. The number of rotatable bonds is 5. The van der Waals surface area contributed by atoms with Gasteiger partial charge in [-0.15, -0.1) is 0 Å². The van der Waals surface area contributed by atoms with Gasteiger partial charge in [0.15, 0.2) is 6.10 Å². The van der Waals surface area contributed by atoms with E-state index in [9.17, 15) is 14.0 Å². The molecule has 0 fully saturated rings. The van der Waals surface area contributed by atoms with E-state index >= 15 is 0 Å². The Morgan fingerprint density at radius 3 is 2.54 bits per heavy atom. The fraction of sp³-hybridized carbons (Fsp3) is 0.176. The van der Waals surface area contributed by atoms with E-state index in [-0.39, 0.29) is 5.69 Å². The van der Waals surface area contributed by atoms with Crippen LogP contribution < -0.4 is 10.1 Å². The average Bonchev–Trinajstić information content (AvgIpc) is 2.57. The van der Waals surface area contributed by atoms with Crippen LogP contribution >= 0.6 is 15.9 Å². The molecule has 2 aromatic carbocycles. The molecule has 0 spiro atoms. The van der Waals surface area contributed by atoms with Crippen LogP contribution in [-0.4, -0.2) is 25.1 Å². The summed E-state index contributed by atoms with van der Waals surface area (Å²) >= 11 is 3.28. The first kappa shape index (κ1) is 17.9. The second kappa shape index (κ2) is 7.92. The number of hydrogen-bond donors (Lipinski definition) is 1. The Bertz CT molecular complexity index is 766. The Balaban J connectivity index is 2.06. The molecule has 0 aromatic heterocycles. The van der Waals surface area contributed by atoms with E-state index < -0.39 is 23.8 Å². The van der Waals surface area contributed by atoms with Crippen molar-refractivity contribution in [2.75, 3.05) is 12.4 Å². The fourth-order valence-corrected chi connectivity index (χ4v) is 2.35. The Hall–Kier alpha value is -2.41. The minimum absolute atomic E-state index is 0.0815. The first-order chi connectivity index (χ1) is 11.4. The van der Waals surface area contributed by atoms with Gasteiger partial charge in [-0.25, -0.2) is 9.18 Å².